The molecule has 1 rings (SSSR count). The molecule has 0 spiro atoms. The van der Waals surface area contributed by atoms with E-state index in [-0.39, 0.29) is 0 Å². The van der Waals surface area contributed by atoms with Gasteiger partial charge in [0.15, 0.2) is 0 Å². The maximum Gasteiger partial charge on any atom is -0.00584 e. The number of hydrogen-bond donors (Lipinski definition) is 0. The fraction of sp³-hybridized carbons (Fsp3) is 0.840. The number of aryl methyl sites for hydroxylation is 2. The number of thiophene rings is 1. The molecule has 0 unspecified atom stereocenters. The molecule has 1 heteroatoms. The van der Waals surface area contributed by atoms with E-state index in [1.165, 1.54) is 122 Å². The molecule has 0 aliphatic heterocycles. The molecule has 152 valence electrons. The standard InChI is InChI=1S/C25H46S/c1-3-5-7-9-11-13-15-17-19-21-25-23-26-22-24(25)20-18-16-14-12-10-8-6-4-2/h22-23H,3-21H2,1-2H3. The Morgan fingerprint density at radius 2 is 0.769 bits per heavy atom. The maximum absolute atomic E-state index is 2.42. The Morgan fingerprint density at radius 1 is 0.462 bits per heavy atom. The molecule has 0 N–H and O–H groups in total. The van der Waals surface area contributed by atoms with Gasteiger partial charge in [-0.2, -0.15) is 11.3 Å². The van der Waals surface area contributed by atoms with Gasteiger partial charge in [0.1, 0.15) is 0 Å². The predicted molar refractivity (Wildman–Crippen MR) is 122 cm³/mol. The summed E-state index contributed by atoms with van der Waals surface area (Å²) in [6.45, 7) is 4.60. The van der Waals surface area contributed by atoms with Crippen molar-refractivity contribution >= 4 is 11.3 Å². The quantitative estimate of drug-likeness (QED) is 0.210. The van der Waals surface area contributed by atoms with Crippen LogP contribution in [0, 0.1) is 0 Å². The van der Waals surface area contributed by atoms with E-state index in [1.54, 1.807) is 11.1 Å². The van der Waals surface area contributed by atoms with Crippen molar-refractivity contribution in [3.63, 3.8) is 0 Å². The van der Waals surface area contributed by atoms with Gasteiger partial charge in [0.05, 0.1) is 0 Å². The molecule has 0 nitrogen and oxygen atoms in total. The van der Waals surface area contributed by atoms with Crippen LogP contribution in [0.25, 0.3) is 0 Å². The molecular formula is C25H46S. The van der Waals surface area contributed by atoms with E-state index in [2.05, 4.69) is 24.6 Å². The zero-order valence-corrected chi connectivity index (χ0v) is 18.8. The summed E-state index contributed by atoms with van der Waals surface area (Å²) >= 11 is 1.92. The molecule has 0 atom stereocenters. The van der Waals surface area contributed by atoms with Crippen molar-refractivity contribution in [3.8, 4) is 0 Å². The van der Waals surface area contributed by atoms with E-state index < -0.39 is 0 Å². The van der Waals surface area contributed by atoms with E-state index in [4.69, 9.17) is 0 Å². The molecule has 0 amide bonds. The molecule has 26 heavy (non-hydrogen) atoms. The molecule has 0 saturated carbocycles. The van der Waals surface area contributed by atoms with Gasteiger partial charge in [0.25, 0.3) is 0 Å². The monoisotopic (exact) mass is 378 g/mol. The molecule has 1 aromatic heterocycles. The Bertz CT molecular complexity index is 393. The van der Waals surface area contributed by atoms with Crippen LogP contribution in [0.1, 0.15) is 134 Å². The summed E-state index contributed by atoms with van der Waals surface area (Å²) in [6, 6.07) is 0. The van der Waals surface area contributed by atoms with Crippen LogP contribution in [0.3, 0.4) is 0 Å². The molecule has 0 aromatic carbocycles. The first-order valence-corrected chi connectivity index (χ1v) is 12.9. The topological polar surface area (TPSA) is 0 Å². The Morgan fingerprint density at radius 3 is 1.12 bits per heavy atom. The first-order valence-electron chi connectivity index (χ1n) is 11.9. The lowest BCUT2D eigenvalue weighted by Crippen LogP contribution is -1.92. The lowest BCUT2D eigenvalue weighted by atomic mass is 10.00. The van der Waals surface area contributed by atoms with Gasteiger partial charge in [0.2, 0.25) is 0 Å². The van der Waals surface area contributed by atoms with Crippen LogP contribution in [0.2, 0.25) is 0 Å². The van der Waals surface area contributed by atoms with E-state index in [9.17, 15) is 0 Å². The van der Waals surface area contributed by atoms with Gasteiger partial charge in [0, 0.05) is 0 Å². The van der Waals surface area contributed by atoms with Crippen LogP contribution in [0.5, 0.6) is 0 Å². The fourth-order valence-corrected chi connectivity index (χ4v) is 4.80. The van der Waals surface area contributed by atoms with E-state index >= 15 is 0 Å². The first-order chi connectivity index (χ1) is 12.9. The summed E-state index contributed by atoms with van der Waals surface area (Å²) in [6.07, 6.45) is 27.0. The minimum Gasteiger partial charge on any atom is -0.152 e. The summed E-state index contributed by atoms with van der Waals surface area (Å²) in [5, 5.41) is 4.84. The van der Waals surface area contributed by atoms with E-state index in [0.717, 1.165) is 0 Å². The van der Waals surface area contributed by atoms with Gasteiger partial charge in [-0.15, -0.1) is 0 Å². The number of hydrogen-bond acceptors (Lipinski definition) is 1. The smallest absolute Gasteiger partial charge is 0.00584 e. The highest BCUT2D eigenvalue weighted by Crippen LogP contribution is 2.21. The van der Waals surface area contributed by atoms with Gasteiger partial charge in [-0.25, -0.2) is 0 Å². The van der Waals surface area contributed by atoms with Crippen molar-refractivity contribution in [3.05, 3.63) is 21.9 Å². The molecule has 0 fully saturated rings. The third-order valence-corrected chi connectivity index (χ3v) is 6.52. The molecular weight excluding hydrogens is 332 g/mol. The third kappa shape index (κ3) is 13.0. The van der Waals surface area contributed by atoms with Crippen LogP contribution < -0.4 is 0 Å². The second-order valence-electron chi connectivity index (χ2n) is 8.23. The third-order valence-electron chi connectivity index (χ3n) is 5.68. The van der Waals surface area contributed by atoms with E-state index in [1.807, 2.05) is 11.3 Å². The summed E-state index contributed by atoms with van der Waals surface area (Å²) in [4.78, 5) is 0. The van der Waals surface area contributed by atoms with Crippen LogP contribution in [0.15, 0.2) is 10.8 Å². The maximum atomic E-state index is 2.42. The number of unbranched alkanes of at least 4 members (excludes halogenated alkanes) is 15. The predicted octanol–water partition coefficient (Wildman–Crippen LogP) is 9.50. The lowest BCUT2D eigenvalue weighted by Gasteiger charge is -2.05. The minimum absolute atomic E-state index is 1.32. The summed E-state index contributed by atoms with van der Waals surface area (Å²) < 4.78 is 0. The van der Waals surface area contributed by atoms with Crippen molar-refractivity contribution in [1.29, 1.82) is 0 Å². The van der Waals surface area contributed by atoms with Gasteiger partial charge >= 0.3 is 0 Å². The van der Waals surface area contributed by atoms with Gasteiger partial charge in [-0.05, 0) is 47.6 Å². The van der Waals surface area contributed by atoms with Crippen LogP contribution in [-0.2, 0) is 12.8 Å². The summed E-state index contributed by atoms with van der Waals surface area (Å²) in [5.74, 6) is 0. The minimum atomic E-state index is 1.32. The molecule has 0 radical (unpaired) electrons. The van der Waals surface area contributed by atoms with Crippen LogP contribution in [0.4, 0.5) is 0 Å². The highest BCUT2D eigenvalue weighted by Gasteiger charge is 2.04. The van der Waals surface area contributed by atoms with Crippen molar-refractivity contribution in [2.24, 2.45) is 0 Å². The highest BCUT2D eigenvalue weighted by molar-refractivity contribution is 7.08. The van der Waals surface area contributed by atoms with Crippen molar-refractivity contribution < 1.29 is 0 Å². The molecule has 1 aromatic rings. The molecule has 0 aliphatic carbocycles. The summed E-state index contributed by atoms with van der Waals surface area (Å²) in [7, 11) is 0. The average Bonchev–Trinajstić information content (AvgIpc) is 3.10. The average molecular weight is 379 g/mol. The second-order valence-corrected chi connectivity index (χ2v) is 8.97. The van der Waals surface area contributed by atoms with Crippen LogP contribution >= 0.6 is 11.3 Å². The Labute approximate surface area is 169 Å². The first kappa shape index (κ1) is 23.7. The zero-order valence-electron chi connectivity index (χ0n) is 18.0. The highest BCUT2D eigenvalue weighted by atomic mass is 32.1. The lowest BCUT2D eigenvalue weighted by molar-refractivity contribution is 0.563. The van der Waals surface area contributed by atoms with Crippen molar-refractivity contribution in [1.82, 2.24) is 0 Å². The normalized spacial score (nSPS) is 11.3. The Balaban J connectivity index is 1.98. The molecule has 0 bridgehead atoms. The second kappa shape index (κ2) is 18.1. The van der Waals surface area contributed by atoms with Gasteiger partial charge < -0.3 is 0 Å². The zero-order chi connectivity index (χ0) is 18.7. The molecule has 1 heterocycles. The van der Waals surface area contributed by atoms with Crippen molar-refractivity contribution in [2.45, 2.75) is 136 Å². The van der Waals surface area contributed by atoms with Gasteiger partial charge in [-0.3, -0.25) is 0 Å². The van der Waals surface area contributed by atoms with E-state index in [0.29, 0.717) is 0 Å². The fourth-order valence-electron chi connectivity index (χ4n) is 3.86. The Kier molecular flexibility index (Phi) is 16.5. The molecule has 0 aliphatic rings. The molecule has 0 saturated heterocycles. The van der Waals surface area contributed by atoms with Crippen LogP contribution in [-0.4, -0.2) is 0 Å². The summed E-state index contributed by atoms with van der Waals surface area (Å²) in [5.41, 5.74) is 3.33. The Hall–Kier alpha value is -0.300. The number of rotatable bonds is 19. The largest absolute Gasteiger partial charge is 0.152 e. The van der Waals surface area contributed by atoms with Gasteiger partial charge in [-0.1, -0.05) is 110 Å². The SMILES string of the molecule is CCCCCCCCCCCc1cscc1CCCCCCCCCC. The van der Waals surface area contributed by atoms with Crippen molar-refractivity contribution in [2.75, 3.05) is 0 Å².